The highest BCUT2D eigenvalue weighted by atomic mass is 16.2. The van der Waals surface area contributed by atoms with Crippen LogP contribution >= 0.6 is 0 Å². The lowest BCUT2D eigenvalue weighted by Gasteiger charge is -2.05. The molecule has 2 aromatic rings. The van der Waals surface area contributed by atoms with E-state index in [-0.39, 0.29) is 12.5 Å². The Labute approximate surface area is 122 Å². The average molecular weight is 276 g/mol. The predicted molar refractivity (Wildman–Crippen MR) is 79.5 cm³/mol. The average Bonchev–Trinajstić information content (AvgIpc) is 2.54. The first-order valence-corrected chi connectivity index (χ1v) is 6.24. The number of nitriles is 1. The van der Waals surface area contributed by atoms with Gasteiger partial charge in [-0.15, -0.1) is 0 Å². The van der Waals surface area contributed by atoms with Gasteiger partial charge in [0.05, 0.1) is 11.6 Å². The summed E-state index contributed by atoms with van der Waals surface area (Å²) < 4.78 is 0. The van der Waals surface area contributed by atoms with Gasteiger partial charge < -0.3 is 10.4 Å². The number of nitrogens with one attached hydrogen (secondary N) is 1. The summed E-state index contributed by atoms with van der Waals surface area (Å²) in [5, 5.41) is 20.1. The fourth-order valence-corrected chi connectivity index (χ4v) is 1.71. The maximum Gasteiger partial charge on any atom is 0.255 e. The second-order valence-electron chi connectivity index (χ2n) is 4.18. The van der Waals surface area contributed by atoms with Crippen LogP contribution in [0.1, 0.15) is 21.5 Å². The summed E-state index contributed by atoms with van der Waals surface area (Å²) in [5.74, 6) is 5.03. The molecule has 0 unspecified atom stereocenters. The molecule has 4 nitrogen and oxygen atoms in total. The van der Waals surface area contributed by atoms with E-state index in [1.54, 1.807) is 48.5 Å². The van der Waals surface area contributed by atoms with Crippen molar-refractivity contribution in [2.45, 2.75) is 0 Å². The summed E-state index contributed by atoms with van der Waals surface area (Å²) in [5.41, 5.74) is 2.29. The molecular weight excluding hydrogens is 264 g/mol. The van der Waals surface area contributed by atoms with Crippen molar-refractivity contribution in [2.75, 3.05) is 11.9 Å². The molecule has 0 spiro atoms. The van der Waals surface area contributed by atoms with Gasteiger partial charge in [0.25, 0.3) is 5.91 Å². The van der Waals surface area contributed by atoms with Crippen LogP contribution in [0.4, 0.5) is 5.69 Å². The quantitative estimate of drug-likeness (QED) is 0.825. The minimum absolute atomic E-state index is 0.221. The number of aliphatic hydroxyl groups is 1. The van der Waals surface area contributed by atoms with E-state index in [2.05, 4.69) is 17.2 Å². The number of amides is 1. The summed E-state index contributed by atoms with van der Waals surface area (Å²) in [6.07, 6.45) is 0. The number of aliphatic hydroxyl groups excluding tert-OH is 1. The lowest BCUT2D eigenvalue weighted by Crippen LogP contribution is -2.11. The molecule has 2 N–H and O–H groups in total. The fraction of sp³-hybridized carbons (Fsp3) is 0.0588. The first-order chi connectivity index (χ1) is 10.2. The van der Waals surface area contributed by atoms with E-state index in [1.807, 2.05) is 6.07 Å². The summed E-state index contributed by atoms with van der Waals surface area (Å²) in [7, 11) is 0. The third-order valence-corrected chi connectivity index (χ3v) is 2.71. The van der Waals surface area contributed by atoms with Crippen molar-refractivity contribution in [1.29, 1.82) is 5.26 Å². The number of carbonyl (C=O) groups is 1. The molecule has 0 fully saturated rings. The zero-order valence-electron chi connectivity index (χ0n) is 11.1. The zero-order valence-corrected chi connectivity index (χ0v) is 11.1. The molecule has 0 atom stereocenters. The van der Waals surface area contributed by atoms with Crippen molar-refractivity contribution < 1.29 is 9.90 Å². The minimum atomic E-state index is -0.257. The monoisotopic (exact) mass is 276 g/mol. The highest BCUT2D eigenvalue weighted by Gasteiger charge is 2.06. The van der Waals surface area contributed by atoms with Crippen molar-refractivity contribution in [2.24, 2.45) is 0 Å². The number of hydrogen-bond donors (Lipinski definition) is 2. The normalized spacial score (nSPS) is 9.14. The third-order valence-electron chi connectivity index (χ3n) is 2.71. The SMILES string of the molecule is N#Cc1ccc(NC(=O)c2cccc(C#CCO)c2)cc1. The van der Waals surface area contributed by atoms with Crippen LogP contribution in [0.15, 0.2) is 48.5 Å². The van der Waals surface area contributed by atoms with Gasteiger partial charge in [-0.1, -0.05) is 17.9 Å². The minimum Gasteiger partial charge on any atom is -0.384 e. The Morgan fingerprint density at radius 1 is 1.14 bits per heavy atom. The van der Waals surface area contributed by atoms with E-state index in [0.717, 1.165) is 0 Å². The number of rotatable bonds is 2. The largest absolute Gasteiger partial charge is 0.384 e. The summed E-state index contributed by atoms with van der Waals surface area (Å²) in [6.45, 7) is -0.221. The Bertz CT molecular complexity index is 747. The van der Waals surface area contributed by atoms with Gasteiger partial charge in [0.1, 0.15) is 6.61 Å². The number of nitrogens with zero attached hydrogens (tertiary/aromatic N) is 1. The third kappa shape index (κ3) is 3.94. The van der Waals surface area contributed by atoms with Crippen LogP contribution in [0.5, 0.6) is 0 Å². The van der Waals surface area contributed by atoms with E-state index in [9.17, 15) is 4.79 Å². The molecule has 0 bridgehead atoms. The first kappa shape index (κ1) is 14.3. The Morgan fingerprint density at radius 3 is 2.57 bits per heavy atom. The maximum absolute atomic E-state index is 12.1. The molecule has 0 aliphatic rings. The van der Waals surface area contributed by atoms with E-state index in [0.29, 0.717) is 22.4 Å². The Balaban J connectivity index is 2.14. The molecule has 0 radical (unpaired) electrons. The Morgan fingerprint density at radius 2 is 1.90 bits per heavy atom. The van der Waals surface area contributed by atoms with Gasteiger partial charge in [0.2, 0.25) is 0 Å². The lowest BCUT2D eigenvalue weighted by atomic mass is 10.1. The molecule has 0 aliphatic heterocycles. The van der Waals surface area contributed by atoms with Crippen LogP contribution < -0.4 is 5.32 Å². The molecule has 102 valence electrons. The molecular formula is C17H12N2O2. The first-order valence-electron chi connectivity index (χ1n) is 6.24. The number of hydrogen-bond acceptors (Lipinski definition) is 3. The molecule has 21 heavy (non-hydrogen) atoms. The van der Waals surface area contributed by atoms with E-state index < -0.39 is 0 Å². The van der Waals surface area contributed by atoms with Crippen molar-refractivity contribution in [3.63, 3.8) is 0 Å². The summed E-state index contributed by atoms with van der Waals surface area (Å²) in [4.78, 5) is 12.1. The fourth-order valence-electron chi connectivity index (χ4n) is 1.71. The Kier molecular flexibility index (Phi) is 4.71. The molecule has 2 aromatic carbocycles. The van der Waals surface area contributed by atoms with Crippen LogP contribution in [0.3, 0.4) is 0 Å². The standard InChI is InChI=1S/C17H12N2O2/c18-12-14-6-8-16(9-7-14)19-17(21)15-5-1-3-13(11-15)4-2-10-20/h1,3,5-9,11,20H,10H2,(H,19,21). The molecule has 0 saturated carbocycles. The molecule has 0 saturated heterocycles. The topological polar surface area (TPSA) is 73.1 Å². The lowest BCUT2D eigenvalue weighted by molar-refractivity contribution is 0.102. The maximum atomic E-state index is 12.1. The van der Waals surface area contributed by atoms with Gasteiger partial charge in [-0.3, -0.25) is 4.79 Å². The van der Waals surface area contributed by atoms with Gasteiger partial charge in [0.15, 0.2) is 0 Å². The molecule has 1 amide bonds. The smallest absolute Gasteiger partial charge is 0.255 e. The van der Waals surface area contributed by atoms with E-state index in [1.165, 1.54) is 0 Å². The molecule has 4 heteroatoms. The van der Waals surface area contributed by atoms with Crippen LogP contribution in [0, 0.1) is 23.2 Å². The Hall–Kier alpha value is -3.08. The van der Waals surface area contributed by atoms with Crippen LogP contribution in [0.2, 0.25) is 0 Å². The molecule has 0 aromatic heterocycles. The number of carbonyl (C=O) groups excluding carboxylic acids is 1. The second kappa shape index (κ2) is 6.91. The van der Waals surface area contributed by atoms with Crippen LogP contribution in [-0.4, -0.2) is 17.6 Å². The highest BCUT2D eigenvalue weighted by Crippen LogP contribution is 2.11. The van der Waals surface area contributed by atoms with Gasteiger partial charge in [-0.2, -0.15) is 5.26 Å². The number of benzene rings is 2. The highest BCUT2D eigenvalue weighted by molar-refractivity contribution is 6.04. The summed E-state index contributed by atoms with van der Waals surface area (Å²) in [6, 6.07) is 15.5. The summed E-state index contributed by atoms with van der Waals surface area (Å²) >= 11 is 0. The van der Waals surface area contributed by atoms with Crippen LogP contribution in [0.25, 0.3) is 0 Å². The van der Waals surface area contributed by atoms with Crippen molar-refractivity contribution in [3.05, 3.63) is 65.2 Å². The van der Waals surface area contributed by atoms with E-state index in [4.69, 9.17) is 10.4 Å². The molecule has 2 rings (SSSR count). The van der Waals surface area contributed by atoms with Gasteiger partial charge >= 0.3 is 0 Å². The van der Waals surface area contributed by atoms with E-state index >= 15 is 0 Å². The zero-order chi connectivity index (χ0) is 15.1. The van der Waals surface area contributed by atoms with Gasteiger partial charge in [0, 0.05) is 16.8 Å². The molecule has 0 heterocycles. The van der Waals surface area contributed by atoms with Crippen molar-refractivity contribution >= 4 is 11.6 Å². The number of anilines is 1. The predicted octanol–water partition coefficient (Wildman–Crippen LogP) is 2.15. The van der Waals surface area contributed by atoms with Crippen molar-refractivity contribution in [3.8, 4) is 17.9 Å². The van der Waals surface area contributed by atoms with Crippen LogP contribution in [-0.2, 0) is 0 Å². The van der Waals surface area contributed by atoms with Gasteiger partial charge in [-0.05, 0) is 42.5 Å². The molecule has 0 aliphatic carbocycles. The van der Waals surface area contributed by atoms with Gasteiger partial charge in [-0.25, -0.2) is 0 Å². The van der Waals surface area contributed by atoms with Crippen molar-refractivity contribution in [1.82, 2.24) is 0 Å². The second-order valence-corrected chi connectivity index (χ2v) is 4.18.